The first-order chi connectivity index (χ1) is 9.65. The van der Waals surface area contributed by atoms with Crippen LogP contribution in [0.5, 0.6) is 0 Å². The van der Waals surface area contributed by atoms with Crippen molar-refractivity contribution in [3.8, 4) is 0 Å². The Labute approximate surface area is 120 Å². The number of nitrogens with one attached hydrogen (secondary N) is 1. The Hall–Kier alpha value is -1.62. The standard InChI is InChI=1S/C15H22N4O/c1-11-5-7-16-9-14(11)17-15(20)19-8-6-12-3-4-13(10-19)18(12)2/h5,7,9,12-13H,3-4,6,8,10H2,1-2H3,(H,17,20). The van der Waals surface area contributed by atoms with Gasteiger partial charge in [-0.05, 0) is 44.9 Å². The highest BCUT2D eigenvalue weighted by molar-refractivity contribution is 5.90. The number of amides is 2. The summed E-state index contributed by atoms with van der Waals surface area (Å²) in [7, 11) is 2.19. The Kier molecular flexibility index (Phi) is 3.61. The SMILES string of the molecule is Cc1ccncc1NC(=O)N1CCC2CCC(C1)N2C. The lowest BCUT2D eigenvalue weighted by molar-refractivity contribution is 0.200. The van der Waals surface area contributed by atoms with Crippen molar-refractivity contribution in [1.82, 2.24) is 14.8 Å². The van der Waals surface area contributed by atoms with Crippen LogP contribution in [0.4, 0.5) is 10.5 Å². The molecule has 0 saturated carbocycles. The van der Waals surface area contributed by atoms with Crippen LogP contribution in [-0.4, -0.2) is 53.0 Å². The maximum absolute atomic E-state index is 12.4. The van der Waals surface area contributed by atoms with Crippen molar-refractivity contribution >= 4 is 11.7 Å². The smallest absolute Gasteiger partial charge is 0.321 e. The number of fused-ring (bicyclic) bond motifs is 2. The molecule has 1 aromatic rings. The van der Waals surface area contributed by atoms with Crippen LogP contribution in [0.3, 0.4) is 0 Å². The van der Waals surface area contributed by atoms with Crippen LogP contribution in [0.25, 0.3) is 0 Å². The summed E-state index contributed by atoms with van der Waals surface area (Å²) < 4.78 is 0. The number of likely N-dealkylation sites (tertiary alicyclic amines) is 1. The summed E-state index contributed by atoms with van der Waals surface area (Å²) >= 11 is 0. The quantitative estimate of drug-likeness (QED) is 0.853. The Bertz CT molecular complexity index is 504. The molecule has 108 valence electrons. The topological polar surface area (TPSA) is 48.5 Å². The molecule has 3 rings (SSSR count). The summed E-state index contributed by atoms with van der Waals surface area (Å²) in [5, 5.41) is 2.99. The second kappa shape index (κ2) is 5.40. The molecule has 2 bridgehead atoms. The van der Waals surface area contributed by atoms with E-state index in [2.05, 4.69) is 22.2 Å². The lowest BCUT2D eigenvalue weighted by Crippen LogP contribution is -2.41. The fourth-order valence-electron chi connectivity index (χ4n) is 3.28. The maximum atomic E-state index is 12.4. The third-order valence-corrected chi connectivity index (χ3v) is 4.72. The summed E-state index contributed by atoms with van der Waals surface area (Å²) in [4.78, 5) is 20.9. The molecule has 0 radical (unpaired) electrons. The number of rotatable bonds is 1. The highest BCUT2D eigenvalue weighted by Crippen LogP contribution is 2.28. The Balaban J connectivity index is 1.67. The third-order valence-electron chi connectivity index (χ3n) is 4.72. The van der Waals surface area contributed by atoms with E-state index in [-0.39, 0.29) is 6.03 Å². The molecule has 2 aliphatic heterocycles. The fourth-order valence-corrected chi connectivity index (χ4v) is 3.28. The van der Waals surface area contributed by atoms with Gasteiger partial charge in [-0.15, -0.1) is 0 Å². The highest BCUT2D eigenvalue weighted by Gasteiger charge is 2.35. The third kappa shape index (κ3) is 2.50. The molecule has 2 amide bonds. The van der Waals surface area contributed by atoms with E-state index in [1.807, 2.05) is 17.9 Å². The number of anilines is 1. The number of urea groups is 1. The zero-order valence-electron chi connectivity index (χ0n) is 12.2. The van der Waals surface area contributed by atoms with E-state index in [0.29, 0.717) is 12.1 Å². The monoisotopic (exact) mass is 274 g/mol. The van der Waals surface area contributed by atoms with Crippen LogP contribution in [0.1, 0.15) is 24.8 Å². The van der Waals surface area contributed by atoms with Gasteiger partial charge in [0.25, 0.3) is 0 Å². The number of carbonyl (C=O) groups is 1. The largest absolute Gasteiger partial charge is 0.323 e. The molecule has 0 spiro atoms. The molecule has 1 aromatic heterocycles. The van der Waals surface area contributed by atoms with Crippen molar-refractivity contribution in [2.45, 2.75) is 38.3 Å². The van der Waals surface area contributed by atoms with Gasteiger partial charge < -0.3 is 10.2 Å². The van der Waals surface area contributed by atoms with Crippen molar-refractivity contribution < 1.29 is 4.79 Å². The molecule has 1 N–H and O–H groups in total. The van der Waals surface area contributed by atoms with Gasteiger partial charge in [-0.3, -0.25) is 9.88 Å². The number of aromatic nitrogens is 1. The summed E-state index contributed by atoms with van der Waals surface area (Å²) in [5.74, 6) is 0. The molecule has 2 aliphatic rings. The van der Waals surface area contributed by atoms with Crippen molar-refractivity contribution in [3.05, 3.63) is 24.0 Å². The van der Waals surface area contributed by atoms with Gasteiger partial charge in [0.15, 0.2) is 0 Å². The zero-order valence-corrected chi connectivity index (χ0v) is 12.2. The van der Waals surface area contributed by atoms with Gasteiger partial charge in [0.05, 0.1) is 11.9 Å². The zero-order chi connectivity index (χ0) is 14.1. The normalized spacial score (nSPS) is 26.4. The van der Waals surface area contributed by atoms with Gasteiger partial charge in [0.1, 0.15) is 0 Å². The van der Waals surface area contributed by atoms with Gasteiger partial charge in [-0.2, -0.15) is 0 Å². The predicted molar refractivity (Wildman–Crippen MR) is 78.8 cm³/mol. The Morgan fingerprint density at radius 3 is 2.95 bits per heavy atom. The summed E-state index contributed by atoms with van der Waals surface area (Å²) in [6.45, 7) is 3.66. The fraction of sp³-hybridized carbons (Fsp3) is 0.600. The van der Waals surface area contributed by atoms with Crippen molar-refractivity contribution in [2.24, 2.45) is 0 Å². The number of aryl methyl sites for hydroxylation is 1. The molecule has 0 aromatic carbocycles. The first kappa shape index (κ1) is 13.4. The van der Waals surface area contributed by atoms with E-state index < -0.39 is 0 Å². The molecule has 5 nitrogen and oxygen atoms in total. The van der Waals surface area contributed by atoms with Crippen LogP contribution < -0.4 is 5.32 Å². The molecule has 5 heteroatoms. The minimum absolute atomic E-state index is 0.00190. The van der Waals surface area contributed by atoms with Crippen molar-refractivity contribution in [1.29, 1.82) is 0 Å². The van der Waals surface area contributed by atoms with Crippen LogP contribution in [0.2, 0.25) is 0 Å². The molecular formula is C15H22N4O. The van der Waals surface area contributed by atoms with Gasteiger partial charge in [-0.1, -0.05) is 0 Å². The Morgan fingerprint density at radius 2 is 2.15 bits per heavy atom. The number of carbonyl (C=O) groups excluding carboxylic acids is 1. The maximum Gasteiger partial charge on any atom is 0.321 e. The van der Waals surface area contributed by atoms with Gasteiger partial charge in [-0.25, -0.2) is 4.79 Å². The van der Waals surface area contributed by atoms with Crippen LogP contribution in [-0.2, 0) is 0 Å². The van der Waals surface area contributed by atoms with E-state index in [1.165, 1.54) is 12.8 Å². The lowest BCUT2D eigenvalue weighted by atomic mass is 10.1. The molecule has 0 aliphatic carbocycles. The molecule has 2 saturated heterocycles. The average molecular weight is 274 g/mol. The minimum Gasteiger partial charge on any atom is -0.323 e. The van der Waals surface area contributed by atoms with E-state index >= 15 is 0 Å². The average Bonchev–Trinajstić information content (AvgIpc) is 2.66. The van der Waals surface area contributed by atoms with Gasteiger partial charge >= 0.3 is 6.03 Å². The lowest BCUT2D eigenvalue weighted by Gasteiger charge is -2.26. The second-order valence-electron chi connectivity index (χ2n) is 5.91. The van der Waals surface area contributed by atoms with Crippen molar-refractivity contribution in [2.75, 3.05) is 25.5 Å². The molecule has 20 heavy (non-hydrogen) atoms. The van der Waals surface area contributed by atoms with E-state index in [1.54, 1.807) is 12.4 Å². The van der Waals surface area contributed by atoms with Crippen LogP contribution >= 0.6 is 0 Å². The molecule has 2 unspecified atom stereocenters. The number of hydrogen-bond acceptors (Lipinski definition) is 3. The number of pyridine rings is 1. The van der Waals surface area contributed by atoms with E-state index in [4.69, 9.17) is 0 Å². The molecule has 2 atom stereocenters. The van der Waals surface area contributed by atoms with Crippen LogP contribution in [0, 0.1) is 6.92 Å². The highest BCUT2D eigenvalue weighted by atomic mass is 16.2. The number of likely N-dealkylation sites (N-methyl/N-ethyl adjacent to an activating group) is 1. The summed E-state index contributed by atoms with van der Waals surface area (Å²) in [6.07, 6.45) is 7.01. The molecular weight excluding hydrogens is 252 g/mol. The Morgan fingerprint density at radius 1 is 1.35 bits per heavy atom. The summed E-state index contributed by atoms with van der Waals surface area (Å²) in [6, 6.07) is 3.08. The van der Waals surface area contributed by atoms with Gasteiger partial charge in [0, 0.05) is 31.4 Å². The van der Waals surface area contributed by atoms with Crippen molar-refractivity contribution in [3.63, 3.8) is 0 Å². The molecule has 2 fully saturated rings. The number of nitrogens with zero attached hydrogens (tertiary/aromatic N) is 3. The minimum atomic E-state index is 0.00190. The molecule has 3 heterocycles. The predicted octanol–water partition coefficient (Wildman–Crippen LogP) is 2.09. The van der Waals surface area contributed by atoms with E-state index in [0.717, 1.165) is 30.8 Å². The first-order valence-electron chi connectivity index (χ1n) is 7.33. The van der Waals surface area contributed by atoms with Gasteiger partial charge in [0.2, 0.25) is 0 Å². The number of hydrogen-bond donors (Lipinski definition) is 1. The first-order valence-corrected chi connectivity index (χ1v) is 7.33. The summed E-state index contributed by atoms with van der Waals surface area (Å²) in [5.41, 5.74) is 1.85. The second-order valence-corrected chi connectivity index (χ2v) is 5.91. The van der Waals surface area contributed by atoms with Crippen LogP contribution in [0.15, 0.2) is 18.5 Å². The van der Waals surface area contributed by atoms with E-state index in [9.17, 15) is 4.79 Å².